The van der Waals surface area contributed by atoms with Crippen LogP contribution in [0.25, 0.3) is 67.5 Å². The van der Waals surface area contributed by atoms with Gasteiger partial charge in [0, 0.05) is 16.7 Å². The van der Waals surface area contributed by atoms with E-state index in [-0.39, 0.29) is 0 Å². The molecule has 9 aromatic rings. The summed E-state index contributed by atoms with van der Waals surface area (Å²) in [6, 6.07) is 74.2. The van der Waals surface area contributed by atoms with E-state index in [1.165, 1.54) is 33.4 Å². The molecule has 0 N–H and O–H groups in total. The number of hydrogen-bond donors (Lipinski definition) is 0. The Kier molecular flexibility index (Phi) is 8.39. The molecule has 0 radical (unpaired) electrons. The van der Waals surface area contributed by atoms with Crippen LogP contribution in [-0.4, -0.2) is 15.0 Å². The maximum Gasteiger partial charge on any atom is 0.164 e. The average molecular weight is 727 g/mol. The van der Waals surface area contributed by atoms with Gasteiger partial charge in [0.2, 0.25) is 0 Å². The van der Waals surface area contributed by atoms with Gasteiger partial charge in [0.15, 0.2) is 17.5 Å². The summed E-state index contributed by atoms with van der Waals surface area (Å²) in [5.41, 5.74) is 14.3. The standard InChI is InChI=1S/C53H34N4/c54-35-36-25-27-37(28-26-36)41-31-42(33-43(32-41)52-56-50(38-15-5-1-6-16-38)55-51(57-52)39-17-7-2-8-18-39)40-29-30-47-46-23-13-14-24-48(46)53(49(47)34-40,44-19-9-3-10-20-44)45-21-11-4-12-22-45/h1-34H. The Balaban J connectivity index is 1.22. The molecule has 57 heavy (non-hydrogen) atoms. The van der Waals surface area contributed by atoms with Gasteiger partial charge in [-0.3, -0.25) is 0 Å². The first-order valence-corrected chi connectivity index (χ1v) is 19.1. The lowest BCUT2D eigenvalue weighted by Crippen LogP contribution is -2.28. The molecule has 0 saturated heterocycles. The number of aromatic nitrogens is 3. The van der Waals surface area contributed by atoms with E-state index >= 15 is 0 Å². The van der Waals surface area contributed by atoms with E-state index in [0.29, 0.717) is 23.0 Å². The van der Waals surface area contributed by atoms with Gasteiger partial charge in [0.1, 0.15) is 0 Å². The van der Waals surface area contributed by atoms with Crippen LogP contribution in [-0.2, 0) is 5.41 Å². The average Bonchev–Trinajstić information content (AvgIpc) is 3.60. The van der Waals surface area contributed by atoms with Gasteiger partial charge in [-0.25, -0.2) is 15.0 Å². The highest BCUT2D eigenvalue weighted by molar-refractivity contribution is 5.89. The Morgan fingerprint density at radius 3 is 1.33 bits per heavy atom. The molecule has 1 aliphatic carbocycles. The van der Waals surface area contributed by atoms with Gasteiger partial charge in [-0.05, 0) is 92.0 Å². The van der Waals surface area contributed by atoms with E-state index in [1.807, 2.05) is 84.9 Å². The highest BCUT2D eigenvalue weighted by atomic mass is 15.0. The minimum atomic E-state index is -0.526. The molecule has 1 aromatic heterocycles. The van der Waals surface area contributed by atoms with Crippen LogP contribution in [0, 0.1) is 11.3 Å². The van der Waals surface area contributed by atoms with Crippen LogP contribution >= 0.6 is 0 Å². The van der Waals surface area contributed by atoms with Crippen molar-refractivity contribution in [2.24, 2.45) is 0 Å². The predicted octanol–water partition coefficient (Wildman–Crippen LogP) is 12.4. The molecule has 0 amide bonds. The minimum Gasteiger partial charge on any atom is -0.208 e. The third-order valence-electron chi connectivity index (χ3n) is 11.0. The number of benzene rings is 8. The minimum absolute atomic E-state index is 0.526. The van der Waals surface area contributed by atoms with Gasteiger partial charge in [0.05, 0.1) is 17.0 Å². The first kappa shape index (κ1) is 33.8. The maximum absolute atomic E-state index is 9.60. The predicted molar refractivity (Wildman–Crippen MR) is 229 cm³/mol. The molecule has 0 bridgehead atoms. The lowest BCUT2D eigenvalue weighted by atomic mass is 9.67. The number of hydrogen-bond acceptors (Lipinski definition) is 4. The fourth-order valence-electron chi connectivity index (χ4n) is 8.39. The van der Waals surface area contributed by atoms with Crippen LogP contribution in [0.15, 0.2) is 206 Å². The Labute approximate surface area is 332 Å². The fourth-order valence-corrected chi connectivity index (χ4v) is 8.39. The van der Waals surface area contributed by atoms with E-state index in [4.69, 9.17) is 15.0 Å². The molecule has 4 nitrogen and oxygen atoms in total. The van der Waals surface area contributed by atoms with E-state index < -0.39 is 5.41 Å². The molecule has 8 aromatic carbocycles. The second kappa shape index (κ2) is 14.2. The monoisotopic (exact) mass is 726 g/mol. The van der Waals surface area contributed by atoms with Crippen LogP contribution in [0.5, 0.6) is 0 Å². The van der Waals surface area contributed by atoms with Crippen LogP contribution in [0.3, 0.4) is 0 Å². The van der Waals surface area contributed by atoms with Crippen molar-refractivity contribution in [3.63, 3.8) is 0 Å². The Morgan fingerprint density at radius 2 is 0.772 bits per heavy atom. The lowest BCUT2D eigenvalue weighted by molar-refractivity contribution is 0.769. The van der Waals surface area contributed by atoms with Gasteiger partial charge >= 0.3 is 0 Å². The largest absolute Gasteiger partial charge is 0.208 e. The number of nitrogens with zero attached hydrogens (tertiary/aromatic N) is 4. The van der Waals surface area contributed by atoms with Gasteiger partial charge in [-0.1, -0.05) is 170 Å². The van der Waals surface area contributed by atoms with Gasteiger partial charge < -0.3 is 0 Å². The summed E-state index contributed by atoms with van der Waals surface area (Å²) in [6.45, 7) is 0. The van der Waals surface area contributed by atoms with Crippen molar-refractivity contribution in [1.29, 1.82) is 5.26 Å². The Bertz CT molecular complexity index is 2840. The maximum atomic E-state index is 9.60. The summed E-state index contributed by atoms with van der Waals surface area (Å²) in [5.74, 6) is 1.79. The van der Waals surface area contributed by atoms with Gasteiger partial charge in [-0.15, -0.1) is 0 Å². The molecule has 1 aliphatic rings. The van der Waals surface area contributed by atoms with E-state index in [0.717, 1.165) is 38.9 Å². The summed E-state index contributed by atoms with van der Waals surface area (Å²) in [4.78, 5) is 15.2. The van der Waals surface area contributed by atoms with Crippen molar-refractivity contribution < 1.29 is 0 Å². The van der Waals surface area contributed by atoms with Crippen molar-refractivity contribution in [2.45, 2.75) is 5.41 Å². The summed E-state index contributed by atoms with van der Waals surface area (Å²) < 4.78 is 0. The highest BCUT2D eigenvalue weighted by Crippen LogP contribution is 2.56. The molecule has 0 spiro atoms. The van der Waals surface area contributed by atoms with Crippen molar-refractivity contribution in [2.75, 3.05) is 0 Å². The van der Waals surface area contributed by atoms with E-state index in [1.54, 1.807) is 0 Å². The highest BCUT2D eigenvalue weighted by Gasteiger charge is 2.46. The molecular weight excluding hydrogens is 693 g/mol. The lowest BCUT2D eigenvalue weighted by Gasteiger charge is -2.34. The summed E-state index contributed by atoms with van der Waals surface area (Å²) in [5, 5.41) is 9.60. The number of rotatable bonds is 7. The zero-order valence-electron chi connectivity index (χ0n) is 30.9. The second-order valence-corrected chi connectivity index (χ2v) is 14.3. The third kappa shape index (κ3) is 5.90. The molecule has 0 atom stereocenters. The van der Waals surface area contributed by atoms with Gasteiger partial charge in [-0.2, -0.15) is 5.26 Å². The summed E-state index contributed by atoms with van der Waals surface area (Å²) in [7, 11) is 0. The van der Waals surface area contributed by atoms with Crippen LogP contribution in [0.4, 0.5) is 0 Å². The molecule has 0 unspecified atom stereocenters. The number of nitriles is 1. The third-order valence-corrected chi connectivity index (χ3v) is 11.0. The smallest absolute Gasteiger partial charge is 0.164 e. The molecule has 0 aliphatic heterocycles. The Morgan fingerprint density at radius 1 is 0.333 bits per heavy atom. The second-order valence-electron chi connectivity index (χ2n) is 14.3. The van der Waals surface area contributed by atoms with E-state index in [2.05, 4.69) is 127 Å². The van der Waals surface area contributed by atoms with Crippen LogP contribution < -0.4 is 0 Å². The number of fused-ring (bicyclic) bond motifs is 3. The quantitative estimate of drug-likeness (QED) is 0.164. The summed E-state index contributed by atoms with van der Waals surface area (Å²) >= 11 is 0. The molecule has 0 saturated carbocycles. The van der Waals surface area contributed by atoms with Crippen molar-refractivity contribution in [3.05, 3.63) is 234 Å². The van der Waals surface area contributed by atoms with Crippen molar-refractivity contribution in [1.82, 2.24) is 15.0 Å². The first-order valence-electron chi connectivity index (χ1n) is 19.1. The zero-order valence-corrected chi connectivity index (χ0v) is 30.9. The van der Waals surface area contributed by atoms with Gasteiger partial charge in [0.25, 0.3) is 0 Å². The summed E-state index contributed by atoms with van der Waals surface area (Å²) in [6.07, 6.45) is 0. The van der Waals surface area contributed by atoms with Crippen molar-refractivity contribution in [3.8, 4) is 73.6 Å². The molecule has 1 heterocycles. The molecule has 0 fully saturated rings. The first-order chi connectivity index (χ1) is 28.2. The van der Waals surface area contributed by atoms with Crippen molar-refractivity contribution >= 4 is 0 Å². The fraction of sp³-hybridized carbons (Fsp3) is 0.0189. The molecule has 266 valence electrons. The normalized spacial score (nSPS) is 12.3. The van der Waals surface area contributed by atoms with Crippen LogP contribution in [0.1, 0.15) is 27.8 Å². The molecule has 10 rings (SSSR count). The Hall–Kier alpha value is -7.74. The topological polar surface area (TPSA) is 62.5 Å². The zero-order chi connectivity index (χ0) is 38.2. The van der Waals surface area contributed by atoms with Crippen LogP contribution in [0.2, 0.25) is 0 Å². The molecular formula is C53H34N4. The molecule has 4 heteroatoms. The SMILES string of the molecule is N#Cc1ccc(-c2cc(-c3ccc4c(c3)C(c3ccccc3)(c3ccccc3)c3ccccc3-4)cc(-c3nc(-c4ccccc4)nc(-c4ccccc4)n3)c2)cc1. The van der Waals surface area contributed by atoms with E-state index in [9.17, 15) is 5.26 Å².